The minimum Gasteiger partial charge on any atom is -0.459 e. The summed E-state index contributed by atoms with van der Waals surface area (Å²) in [5.41, 5.74) is 3.02. The quantitative estimate of drug-likeness (QED) is 0.0671. The Morgan fingerprint density at radius 3 is 1.58 bits per heavy atom. The molecular formula is C43H49NO8. The van der Waals surface area contributed by atoms with Crippen LogP contribution in [0.5, 0.6) is 0 Å². The number of rotatable bonds is 18. The molecule has 9 heteroatoms. The highest BCUT2D eigenvalue weighted by Crippen LogP contribution is 2.32. The molecule has 4 aromatic carbocycles. The zero-order valence-corrected chi connectivity index (χ0v) is 30.1. The number of imide groups is 1. The summed E-state index contributed by atoms with van der Waals surface area (Å²) < 4.78 is 32.1. The minimum atomic E-state index is -1.22. The second-order valence-corrected chi connectivity index (χ2v) is 14.1. The molecule has 0 aliphatic carbocycles. The van der Waals surface area contributed by atoms with Crippen LogP contribution in [0.4, 0.5) is 0 Å². The second-order valence-electron chi connectivity index (χ2n) is 14.1. The highest BCUT2D eigenvalue weighted by Gasteiger charge is 2.46. The SMILES string of the molecule is CC(C)(C)OC(=O)C1C(=O)NC(=O)CC1CC(OCc1ccccc1)C(OCc1ccccc1)C(COCc1ccccc1)OCc1ccccc1. The van der Waals surface area contributed by atoms with Crippen molar-refractivity contribution in [2.24, 2.45) is 11.8 Å². The van der Waals surface area contributed by atoms with Gasteiger partial charge < -0.3 is 23.7 Å². The number of carbonyl (C=O) groups excluding carboxylic acids is 3. The molecule has 0 saturated carbocycles. The summed E-state index contributed by atoms with van der Waals surface area (Å²) in [6.45, 7) is 6.48. The molecule has 4 aromatic rings. The number of piperidine rings is 1. The first-order chi connectivity index (χ1) is 25.1. The minimum absolute atomic E-state index is 0.0632. The number of hydrogen-bond acceptors (Lipinski definition) is 8. The molecule has 0 spiro atoms. The highest BCUT2D eigenvalue weighted by molar-refractivity contribution is 6.07. The van der Waals surface area contributed by atoms with Gasteiger partial charge in [-0.3, -0.25) is 19.7 Å². The maximum absolute atomic E-state index is 13.5. The lowest BCUT2D eigenvalue weighted by atomic mass is 9.80. The number of carbonyl (C=O) groups is 3. The normalized spacial score (nSPS) is 17.9. The Labute approximate surface area is 306 Å². The number of nitrogens with one attached hydrogen (secondary N) is 1. The van der Waals surface area contributed by atoms with Gasteiger partial charge in [0.05, 0.1) is 39.1 Å². The first-order valence-electron chi connectivity index (χ1n) is 17.8. The van der Waals surface area contributed by atoms with Gasteiger partial charge in [-0.15, -0.1) is 0 Å². The van der Waals surface area contributed by atoms with Gasteiger partial charge in [0.2, 0.25) is 11.8 Å². The van der Waals surface area contributed by atoms with Crippen LogP contribution in [-0.2, 0) is 64.5 Å². The van der Waals surface area contributed by atoms with Gasteiger partial charge >= 0.3 is 5.97 Å². The number of esters is 1. The smallest absolute Gasteiger partial charge is 0.319 e. The van der Waals surface area contributed by atoms with Gasteiger partial charge in [-0.1, -0.05) is 121 Å². The van der Waals surface area contributed by atoms with Crippen LogP contribution in [0, 0.1) is 11.8 Å². The molecular weight excluding hydrogens is 658 g/mol. The highest BCUT2D eigenvalue weighted by atomic mass is 16.6. The molecule has 0 aromatic heterocycles. The summed E-state index contributed by atoms with van der Waals surface area (Å²) in [7, 11) is 0. The third kappa shape index (κ3) is 12.2. The molecule has 1 N–H and O–H groups in total. The maximum atomic E-state index is 13.5. The summed E-state index contributed by atoms with van der Waals surface area (Å²) in [6, 6.07) is 39.2. The Morgan fingerprint density at radius 1 is 0.654 bits per heavy atom. The van der Waals surface area contributed by atoms with Crippen LogP contribution in [0.1, 0.15) is 55.9 Å². The van der Waals surface area contributed by atoms with Crippen LogP contribution in [-0.4, -0.2) is 48.3 Å². The van der Waals surface area contributed by atoms with Crippen molar-refractivity contribution in [2.45, 2.75) is 84.0 Å². The zero-order valence-electron chi connectivity index (χ0n) is 30.1. The van der Waals surface area contributed by atoms with Crippen molar-refractivity contribution in [3.8, 4) is 0 Å². The Balaban J connectivity index is 1.50. The monoisotopic (exact) mass is 707 g/mol. The van der Waals surface area contributed by atoms with Crippen LogP contribution >= 0.6 is 0 Å². The van der Waals surface area contributed by atoms with Crippen LogP contribution < -0.4 is 5.32 Å². The average molecular weight is 708 g/mol. The summed E-state index contributed by atoms with van der Waals surface area (Å²) in [5.74, 6) is -3.76. The van der Waals surface area contributed by atoms with Crippen molar-refractivity contribution >= 4 is 17.8 Å². The van der Waals surface area contributed by atoms with Gasteiger partial charge in [-0.25, -0.2) is 0 Å². The predicted molar refractivity (Wildman–Crippen MR) is 196 cm³/mol. The molecule has 9 nitrogen and oxygen atoms in total. The van der Waals surface area contributed by atoms with Gasteiger partial charge in [0.15, 0.2) is 0 Å². The summed E-state index contributed by atoms with van der Waals surface area (Å²) >= 11 is 0. The molecule has 5 rings (SSSR count). The van der Waals surface area contributed by atoms with E-state index in [-0.39, 0.29) is 39.3 Å². The lowest BCUT2D eigenvalue weighted by Crippen LogP contribution is -2.53. The Bertz CT molecular complexity index is 1680. The molecule has 5 unspecified atom stereocenters. The molecule has 0 bridgehead atoms. The number of benzene rings is 4. The first kappa shape index (κ1) is 38.6. The van der Waals surface area contributed by atoms with E-state index in [1.165, 1.54) is 0 Å². The summed E-state index contributed by atoms with van der Waals surface area (Å²) in [5, 5.41) is 2.34. The van der Waals surface area contributed by atoms with E-state index in [1.54, 1.807) is 20.8 Å². The van der Waals surface area contributed by atoms with Crippen LogP contribution in [0.25, 0.3) is 0 Å². The van der Waals surface area contributed by atoms with Crippen molar-refractivity contribution in [1.82, 2.24) is 5.32 Å². The molecule has 1 aliphatic heterocycles. The fraction of sp³-hybridized carbons (Fsp3) is 0.372. The van der Waals surface area contributed by atoms with Crippen LogP contribution in [0.3, 0.4) is 0 Å². The molecule has 1 saturated heterocycles. The summed E-state index contributed by atoms with van der Waals surface area (Å²) in [4.78, 5) is 39.7. The molecule has 1 aliphatic rings. The van der Waals surface area contributed by atoms with Crippen molar-refractivity contribution in [1.29, 1.82) is 0 Å². The standard InChI is InChI=1S/C43H49NO8/c1-43(2,3)52-42(47)39-35(25-38(45)44-41(39)46)24-36(49-27-32-18-10-5-11-19-32)40(51-29-34-22-14-7-15-23-34)37(50-28-33-20-12-6-13-21-33)30-48-26-31-16-8-4-9-17-31/h4-23,35-37,39-40H,24-30H2,1-3H3,(H,44,45,46). The molecule has 0 radical (unpaired) electrons. The van der Waals surface area contributed by atoms with E-state index < -0.39 is 53.5 Å². The predicted octanol–water partition coefficient (Wildman–Crippen LogP) is 6.97. The molecule has 5 atom stereocenters. The zero-order chi connectivity index (χ0) is 36.8. The fourth-order valence-electron chi connectivity index (χ4n) is 6.20. The number of ether oxygens (including phenoxy) is 5. The lowest BCUT2D eigenvalue weighted by molar-refractivity contribution is -0.179. The number of hydrogen-bond donors (Lipinski definition) is 1. The van der Waals surface area contributed by atoms with E-state index in [9.17, 15) is 14.4 Å². The third-order valence-electron chi connectivity index (χ3n) is 8.69. The van der Waals surface area contributed by atoms with E-state index >= 15 is 0 Å². The fourth-order valence-corrected chi connectivity index (χ4v) is 6.20. The van der Waals surface area contributed by atoms with Crippen molar-refractivity contribution in [2.75, 3.05) is 6.61 Å². The molecule has 274 valence electrons. The Hall–Kier alpha value is -4.67. The summed E-state index contributed by atoms with van der Waals surface area (Å²) in [6.07, 6.45) is -2.06. The molecule has 1 heterocycles. The Kier molecular flexibility index (Phi) is 14.3. The van der Waals surface area contributed by atoms with E-state index in [4.69, 9.17) is 23.7 Å². The molecule has 1 fully saturated rings. The van der Waals surface area contributed by atoms with Gasteiger partial charge in [0.1, 0.15) is 23.7 Å². The lowest BCUT2D eigenvalue weighted by Gasteiger charge is -2.38. The van der Waals surface area contributed by atoms with Crippen molar-refractivity contribution in [3.63, 3.8) is 0 Å². The van der Waals surface area contributed by atoms with Gasteiger partial charge in [-0.2, -0.15) is 0 Å². The van der Waals surface area contributed by atoms with E-state index in [1.807, 2.05) is 121 Å². The van der Waals surface area contributed by atoms with Gasteiger partial charge in [0, 0.05) is 6.42 Å². The van der Waals surface area contributed by atoms with E-state index in [0.717, 1.165) is 22.3 Å². The van der Waals surface area contributed by atoms with Crippen LogP contribution in [0.15, 0.2) is 121 Å². The molecule has 52 heavy (non-hydrogen) atoms. The maximum Gasteiger partial charge on any atom is 0.319 e. The van der Waals surface area contributed by atoms with Gasteiger partial charge in [-0.05, 0) is 55.4 Å². The second kappa shape index (κ2) is 19.2. The Morgan fingerprint density at radius 2 is 1.10 bits per heavy atom. The largest absolute Gasteiger partial charge is 0.459 e. The average Bonchev–Trinajstić information content (AvgIpc) is 3.13. The molecule has 2 amide bonds. The van der Waals surface area contributed by atoms with Crippen molar-refractivity contribution < 1.29 is 38.1 Å². The third-order valence-corrected chi connectivity index (χ3v) is 8.69. The van der Waals surface area contributed by atoms with E-state index in [0.29, 0.717) is 6.61 Å². The number of amides is 2. The first-order valence-corrected chi connectivity index (χ1v) is 17.8. The van der Waals surface area contributed by atoms with Gasteiger partial charge in [0.25, 0.3) is 0 Å². The van der Waals surface area contributed by atoms with E-state index in [2.05, 4.69) is 5.32 Å². The van der Waals surface area contributed by atoms with Crippen LogP contribution in [0.2, 0.25) is 0 Å². The topological polar surface area (TPSA) is 109 Å². The van der Waals surface area contributed by atoms with Crippen molar-refractivity contribution in [3.05, 3.63) is 144 Å².